The highest BCUT2D eigenvalue weighted by molar-refractivity contribution is 6.06. The van der Waals surface area contributed by atoms with Crippen LogP contribution in [0.4, 0.5) is 5.69 Å². The minimum Gasteiger partial charge on any atom is -0.354 e. The highest BCUT2D eigenvalue weighted by Gasteiger charge is 2.14. The third kappa shape index (κ3) is 5.32. The van der Waals surface area contributed by atoms with Gasteiger partial charge in [-0.2, -0.15) is 0 Å². The van der Waals surface area contributed by atoms with Crippen LogP contribution in [0.2, 0.25) is 0 Å². The number of nitrogens with zero attached hydrogens (tertiary/aromatic N) is 1. The number of hydrogen-bond acceptors (Lipinski definition) is 2. The monoisotopic (exact) mass is 386 g/mol. The fraction of sp³-hybridized carbons (Fsp3) is 0.200. The summed E-state index contributed by atoms with van der Waals surface area (Å²) in [6.45, 7) is 3.52. The number of amides is 2. The van der Waals surface area contributed by atoms with Crippen LogP contribution in [0.5, 0.6) is 0 Å². The third-order valence-electron chi connectivity index (χ3n) is 4.84. The van der Waals surface area contributed by atoms with E-state index in [4.69, 9.17) is 0 Å². The molecule has 0 aliphatic carbocycles. The first-order valence-corrected chi connectivity index (χ1v) is 9.73. The zero-order valence-corrected chi connectivity index (χ0v) is 17.1. The van der Waals surface area contributed by atoms with Gasteiger partial charge in [-0.1, -0.05) is 54.6 Å². The van der Waals surface area contributed by atoms with Crippen molar-refractivity contribution in [3.63, 3.8) is 0 Å². The summed E-state index contributed by atoms with van der Waals surface area (Å²) in [7, 11) is 1.79. The van der Waals surface area contributed by atoms with Gasteiger partial charge in [-0.25, -0.2) is 0 Å². The lowest BCUT2D eigenvalue weighted by Crippen LogP contribution is -2.31. The van der Waals surface area contributed by atoms with Crippen molar-refractivity contribution in [1.29, 1.82) is 0 Å². The van der Waals surface area contributed by atoms with Crippen LogP contribution in [-0.2, 0) is 11.2 Å². The van der Waals surface area contributed by atoms with Gasteiger partial charge < -0.3 is 10.2 Å². The first-order valence-electron chi connectivity index (χ1n) is 9.73. The maximum absolute atomic E-state index is 12.9. The molecule has 0 aliphatic heterocycles. The second-order valence-corrected chi connectivity index (χ2v) is 7.28. The molecule has 2 amide bonds. The number of nitrogens with one attached hydrogen (secondary N) is 1. The van der Waals surface area contributed by atoms with Gasteiger partial charge in [0.15, 0.2) is 0 Å². The molecule has 0 heterocycles. The van der Waals surface area contributed by atoms with E-state index in [-0.39, 0.29) is 17.9 Å². The average Bonchev–Trinajstić information content (AvgIpc) is 2.73. The van der Waals surface area contributed by atoms with Crippen LogP contribution in [-0.4, -0.2) is 24.9 Å². The van der Waals surface area contributed by atoms with Gasteiger partial charge in [0.2, 0.25) is 5.91 Å². The number of benzene rings is 3. The van der Waals surface area contributed by atoms with Crippen LogP contribution in [0.1, 0.15) is 29.8 Å². The zero-order valence-electron chi connectivity index (χ0n) is 17.1. The van der Waals surface area contributed by atoms with Crippen LogP contribution >= 0.6 is 0 Å². The van der Waals surface area contributed by atoms with Crippen molar-refractivity contribution in [2.75, 3.05) is 11.9 Å². The van der Waals surface area contributed by atoms with Crippen LogP contribution < -0.4 is 10.2 Å². The topological polar surface area (TPSA) is 49.4 Å². The van der Waals surface area contributed by atoms with E-state index in [0.717, 1.165) is 28.8 Å². The van der Waals surface area contributed by atoms with E-state index in [2.05, 4.69) is 29.6 Å². The first-order chi connectivity index (χ1) is 13.9. The van der Waals surface area contributed by atoms with E-state index >= 15 is 0 Å². The van der Waals surface area contributed by atoms with Gasteiger partial charge in [0.25, 0.3) is 5.91 Å². The molecule has 0 spiro atoms. The molecule has 3 aromatic rings. The minimum atomic E-state index is -0.0428. The Balaban J connectivity index is 1.75. The van der Waals surface area contributed by atoms with E-state index in [9.17, 15) is 9.59 Å². The Bertz CT molecular complexity index is 981. The fourth-order valence-corrected chi connectivity index (χ4v) is 3.38. The maximum atomic E-state index is 12.9. The molecule has 1 unspecified atom stereocenters. The van der Waals surface area contributed by atoms with Crippen molar-refractivity contribution < 1.29 is 9.59 Å². The predicted octanol–water partition coefficient (Wildman–Crippen LogP) is 4.70. The largest absolute Gasteiger partial charge is 0.354 e. The Kier molecular flexibility index (Phi) is 6.45. The highest BCUT2D eigenvalue weighted by atomic mass is 16.2. The smallest absolute Gasteiger partial charge is 0.258 e. The summed E-state index contributed by atoms with van der Waals surface area (Å²) in [5.41, 5.74) is 4.72. The summed E-state index contributed by atoms with van der Waals surface area (Å²) < 4.78 is 0. The molecule has 4 heteroatoms. The summed E-state index contributed by atoms with van der Waals surface area (Å²) in [5.74, 6) is -0.0603. The van der Waals surface area contributed by atoms with Crippen LogP contribution in [0.25, 0.3) is 11.1 Å². The highest BCUT2D eigenvalue weighted by Crippen LogP contribution is 2.23. The quantitative estimate of drug-likeness (QED) is 0.668. The normalized spacial score (nSPS) is 11.6. The van der Waals surface area contributed by atoms with Crippen molar-refractivity contribution in [2.45, 2.75) is 26.3 Å². The number of carbonyl (C=O) groups is 2. The Morgan fingerprint density at radius 1 is 0.897 bits per heavy atom. The SMILES string of the molecule is CC(=O)NC(C)Cc1ccc(-c2cccc(C(=O)N(C)c3ccccc3)c2)cc1. The second kappa shape index (κ2) is 9.20. The van der Waals surface area contributed by atoms with Gasteiger partial charge in [-0.15, -0.1) is 0 Å². The molecule has 3 rings (SSSR count). The molecule has 3 aromatic carbocycles. The molecule has 0 aromatic heterocycles. The van der Waals surface area contributed by atoms with Gasteiger partial charge in [0.05, 0.1) is 0 Å². The standard InChI is InChI=1S/C25H26N2O2/c1-18(26-19(2)28)16-20-12-14-21(15-13-20)22-8-7-9-23(17-22)25(29)27(3)24-10-5-4-6-11-24/h4-15,17-18H,16H2,1-3H3,(H,26,28). The van der Waals surface area contributed by atoms with E-state index < -0.39 is 0 Å². The van der Waals surface area contributed by atoms with Crippen LogP contribution in [0, 0.1) is 0 Å². The molecule has 4 nitrogen and oxygen atoms in total. The van der Waals surface area contributed by atoms with Gasteiger partial charge in [-0.3, -0.25) is 9.59 Å². The predicted molar refractivity (Wildman–Crippen MR) is 118 cm³/mol. The minimum absolute atomic E-state index is 0.0175. The van der Waals surface area contributed by atoms with Crippen LogP contribution in [0.3, 0.4) is 0 Å². The van der Waals surface area contributed by atoms with Crippen molar-refractivity contribution in [3.8, 4) is 11.1 Å². The molecule has 29 heavy (non-hydrogen) atoms. The Morgan fingerprint density at radius 3 is 2.24 bits per heavy atom. The van der Waals surface area contributed by atoms with Crippen LogP contribution in [0.15, 0.2) is 78.9 Å². The summed E-state index contributed by atoms with van der Waals surface area (Å²) in [5, 5.41) is 2.90. The van der Waals surface area contributed by atoms with Gasteiger partial charge in [0, 0.05) is 31.3 Å². The molecule has 0 aliphatic rings. The maximum Gasteiger partial charge on any atom is 0.258 e. The number of carbonyl (C=O) groups excluding carboxylic acids is 2. The second-order valence-electron chi connectivity index (χ2n) is 7.28. The Labute approximate surface area is 172 Å². The summed E-state index contributed by atoms with van der Waals surface area (Å²) in [6.07, 6.45) is 0.778. The molecule has 0 radical (unpaired) electrons. The third-order valence-corrected chi connectivity index (χ3v) is 4.84. The first kappa shape index (κ1) is 20.3. The van der Waals surface area contributed by atoms with Crippen molar-refractivity contribution in [2.24, 2.45) is 0 Å². The molecule has 0 fully saturated rings. The van der Waals surface area contributed by atoms with E-state index in [1.807, 2.05) is 61.5 Å². The average molecular weight is 386 g/mol. The Hall–Kier alpha value is -3.40. The Morgan fingerprint density at radius 2 is 1.59 bits per heavy atom. The number of rotatable bonds is 6. The molecule has 1 N–H and O–H groups in total. The van der Waals surface area contributed by atoms with E-state index in [1.54, 1.807) is 11.9 Å². The molecular formula is C25H26N2O2. The van der Waals surface area contributed by atoms with Crippen molar-refractivity contribution >= 4 is 17.5 Å². The molecule has 0 bridgehead atoms. The lowest BCUT2D eigenvalue weighted by molar-refractivity contribution is -0.119. The summed E-state index contributed by atoms with van der Waals surface area (Å²) >= 11 is 0. The summed E-state index contributed by atoms with van der Waals surface area (Å²) in [4.78, 5) is 25.7. The van der Waals surface area contributed by atoms with Gasteiger partial charge in [0.1, 0.15) is 0 Å². The zero-order chi connectivity index (χ0) is 20.8. The number of hydrogen-bond donors (Lipinski definition) is 1. The molecule has 0 saturated heterocycles. The number of para-hydroxylation sites is 1. The molecule has 1 atom stereocenters. The summed E-state index contributed by atoms with van der Waals surface area (Å²) in [6, 6.07) is 25.6. The molecular weight excluding hydrogens is 360 g/mol. The fourth-order valence-electron chi connectivity index (χ4n) is 3.38. The van der Waals surface area contributed by atoms with Gasteiger partial charge >= 0.3 is 0 Å². The lowest BCUT2D eigenvalue weighted by atomic mass is 9.99. The number of anilines is 1. The van der Waals surface area contributed by atoms with E-state index in [1.165, 1.54) is 6.92 Å². The van der Waals surface area contributed by atoms with E-state index in [0.29, 0.717) is 5.56 Å². The molecule has 0 saturated carbocycles. The molecule has 148 valence electrons. The lowest BCUT2D eigenvalue weighted by Gasteiger charge is -2.18. The van der Waals surface area contributed by atoms with Crippen molar-refractivity contribution in [1.82, 2.24) is 5.32 Å². The van der Waals surface area contributed by atoms with Gasteiger partial charge in [-0.05, 0) is 54.3 Å². The van der Waals surface area contributed by atoms with Crippen molar-refractivity contribution in [3.05, 3.63) is 90.0 Å².